The van der Waals surface area contributed by atoms with Gasteiger partial charge in [-0.3, -0.25) is 0 Å². The van der Waals surface area contributed by atoms with Crippen LogP contribution in [0.1, 0.15) is 80.2 Å². The van der Waals surface area contributed by atoms with Crippen molar-refractivity contribution in [2.75, 3.05) is 0 Å². The third-order valence-electron chi connectivity index (χ3n) is 7.84. The molecule has 2 aromatic heterocycles. The van der Waals surface area contributed by atoms with Crippen LogP contribution in [0.5, 0.6) is 0 Å². The lowest BCUT2D eigenvalue weighted by molar-refractivity contribution is -0.147. The second-order valence-corrected chi connectivity index (χ2v) is 15.8. The number of aliphatic carboxylic acids is 2. The molecule has 0 saturated carbocycles. The number of nitrogens with two attached hydrogens (primary N) is 2. The summed E-state index contributed by atoms with van der Waals surface area (Å²) in [5.41, 5.74) is 15.2. The average molecular weight is 1140 g/mol. The Balaban J connectivity index is 0.000000826. The lowest BCUT2D eigenvalue weighted by Crippen LogP contribution is -2.16. The van der Waals surface area contributed by atoms with Gasteiger partial charge in [0, 0.05) is 21.1 Å². The van der Waals surface area contributed by atoms with Gasteiger partial charge in [-0.05, 0) is 147 Å². The molecular formula is C45H48Br4F4N4O6. The third kappa shape index (κ3) is 20.3. The summed E-state index contributed by atoms with van der Waals surface area (Å²) in [6, 6.07) is 29.6. The highest BCUT2D eigenvalue weighted by Crippen LogP contribution is 2.27. The van der Waals surface area contributed by atoms with Crippen molar-refractivity contribution in [3.05, 3.63) is 196 Å². The van der Waals surface area contributed by atoms with Gasteiger partial charge in [-0.1, -0.05) is 82.9 Å². The first-order valence-electron chi connectivity index (χ1n) is 17.3. The molecule has 0 aliphatic rings. The number of benzene rings is 4. The first-order valence-corrected chi connectivity index (χ1v) is 20.5. The minimum absolute atomic E-state index is 0. The SMILES string of the molecule is C.C.C.NC(Cc1cc(F)cc(F)c1)c1nc(Br)ccc1Br.NC(Cc1cc(F)cc(F)c1)c1nc(Br)ccc1Br.O=C(O)[C@H](O)c1ccccc1.O=C(O)[C@H](O)c1ccccc1. The molecule has 8 N–H and O–H groups in total. The van der Waals surface area contributed by atoms with Crippen molar-refractivity contribution in [1.29, 1.82) is 0 Å². The zero-order chi connectivity index (χ0) is 44.5. The maximum Gasteiger partial charge on any atom is 0.337 e. The number of rotatable bonds is 10. The van der Waals surface area contributed by atoms with Crippen molar-refractivity contribution in [3.63, 3.8) is 0 Å². The van der Waals surface area contributed by atoms with Crippen LogP contribution in [-0.4, -0.2) is 42.3 Å². The first kappa shape index (κ1) is 58.6. The Hall–Kier alpha value is -4.40. The normalized spacial score (nSPS) is 11.9. The fourth-order valence-corrected chi connectivity index (χ4v) is 6.78. The van der Waals surface area contributed by atoms with Crippen molar-refractivity contribution in [3.8, 4) is 0 Å². The van der Waals surface area contributed by atoms with Gasteiger partial charge in [0.25, 0.3) is 0 Å². The predicted octanol–water partition coefficient (Wildman–Crippen LogP) is 11.8. The van der Waals surface area contributed by atoms with Crippen LogP contribution >= 0.6 is 63.7 Å². The number of aliphatic hydroxyl groups is 2. The topological polar surface area (TPSA) is 193 Å². The van der Waals surface area contributed by atoms with E-state index in [-0.39, 0.29) is 22.3 Å². The summed E-state index contributed by atoms with van der Waals surface area (Å²) in [6.07, 6.45) is -2.21. The van der Waals surface area contributed by atoms with Gasteiger partial charge in [0.05, 0.1) is 23.5 Å². The highest BCUT2D eigenvalue weighted by molar-refractivity contribution is 9.11. The molecule has 4 atom stereocenters. The van der Waals surface area contributed by atoms with Crippen molar-refractivity contribution in [1.82, 2.24) is 9.97 Å². The minimum atomic E-state index is -1.41. The van der Waals surface area contributed by atoms with E-state index in [1.807, 2.05) is 12.1 Å². The Morgan fingerprint density at radius 3 is 1.06 bits per heavy atom. The Bertz CT molecular complexity index is 2140. The monoisotopic (exact) mass is 1130 g/mol. The molecule has 6 rings (SSSR count). The summed E-state index contributed by atoms with van der Waals surface area (Å²) in [6.45, 7) is 0. The van der Waals surface area contributed by atoms with Gasteiger partial charge in [0.2, 0.25) is 0 Å². The number of halogens is 8. The number of aliphatic hydroxyl groups excluding tert-OH is 2. The zero-order valence-corrected chi connectivity index (χ0v) is 37.3. The van der Waals surface area contributed by atoms with E-state index < -0.39 is 59.5 Å². The lowest BCUT2D eigenvalue weighted by Gasteiger charge is -2.13. The standard InChI is InChI=1S/2C13H10Br2F2N2.2C8H8O3.3CH4/c2*14-10-1-2-12(15)19-13(10)11(18)5-7-3-8(16)6-9(17)4-7;2*9-7(8(10)11)6-4-2-1-3-5-6;;;/h2*1-4,6,11H,5,18H2;2*1-5,7,9H,(H,10,11);3*1H4/t;;2*7-;;;/m..11.../s1. The van der Waals surface area contributed by atoms with E-state index in [1.54, 1.807) is 72.8 Å². The van der Waals surface area contributed by atoms with Crippen molar-refractivity contribution >= 4 is 75.7 Å². The van der Waals surface area contributed by atoms with Gasteiger partial charge < -0.3 is 31.9 Å². The van der Waals surface area contributed by atoms with Gasteiger partial charge >= 0.3 is 11.9 Å². The number of nitrogens with zero attached hydrogens (tertiary/aromatic N) is 2. The fourth-order valence-electron chi connectivity index (χ4n) is 5.10. The second-order valence-electron chi connectivity index (χ2n) is 12.5. The molecule has 18 heteroatoms. The Morgan fingerprint density at radius 1 is 0.508 bits per heavy atom. The molecule has 0 radical (unpaired) electrons. The van der Waals surface area contributed by atoms with Crippen LogP contribution in [0.15, 0.2) is 139 Å². The molecule has 0 saturated heterocycles. The number of hydrogen-bond donors (Lipinski definition) is 6. The smallest absolute Gasteiger partial charge is 0.337 e. The third-order valence-corrected chi connectivity index (χ3v) is 10.1. The van der Waals surface area contributed by atoms with Crippen LogP contribution in [0.4, 0.5) is 17.6 Å². The van der Waals surface area contributed by atoms with Crippen LogP contribution < -0.4 is 11.5 Å². The van der Waals surface area contributed by atoms with Gasteiger partial charge in [-0.2, -0.15) is 0 Å². The van der Waals surface area contributed by atoms with E-state index in [0.29, 0.717) is 55.7 Å². The number of carboxylic acids is 2. The van der Waals surface area contributed by atoms with Gasteiger partial charge in [0.1, 0.15) is 32.5 Å². The molecule has 0 fully saturated rings. The van der Waals surface area contributed by atoms with Crippen LogP contribution in [0.3, 0.4) is 0 Å². The van der Waals surface area contributed by atoms with Crippen molar-refractivity contribution in [2.45, 2.75) is 59.4 Å². The van der Waals surface area contributed by atoms with Crippen LogP contribution in [0.2, 0.25) is 0 Å². The van der Waals surface area contributed by atoms with E-state index in [1.165, 1.54) is 24.3 Å². The molecule has 4 aromatic carbocycles. The van der Waals surface area contributed by atoms with E-state index >= 15 is 0 Å². The van der Waals surface area contributed by atoms with E-state index in [9.17, 15) is 27.2 Å². The molecule has 0 aliphatic carbocycles. The number of carbonyl (C=O) groups is 2. The van der Waals surface area contributed by atoms with Gasteiger partial charge in [0.15, 0.2) is 12.2 Å². The molecular weight excluding hydrogens is 1090 g/mol. The Kier molecular flexibility index (Phi) is 27.1. The van der Waals surface area contributed by atoms with Crippen molar-refractivity contribution < 1.29 is 47.6 Å². The maximum absolute atomic E-state index is 13.1. The van der Waals surface area contributed by atoms with Crippen LogP contribution in [0, 0.1) is 23.3 Å². The number of pyridine rings is 2. The molecule has 0 bridgehead atoms. The lowest BCUT2D eigenvalue weighted by atomic mass is 10.0. The zero-order valence-electron chi connectivity index (χ0n) is 30.9. The number of carboxylic acid groups (broad SMARTS) is 2. The summed E-state index contributed by atoms with van der Waals surface area (Å²) in [4.78, 5) is 29.0. The van der Waals surface area contributed by atoms with E-state index in [4.69, 9.17) is 31.9 Å². The van der Waals surface area contributed by atoms with Gasteiger partial charge in [-0.15, -0.1) is 0 Å². The van der Waals surface area contributed by atoms with E-state index in [2.05, 4.69) is 73.7 Å². The Labute approximate surface area is 398 Å². The fraction of sp³-hybridized carbons (Fsp3) is 0.200. The highest BCUT2D eigenvalue weighted by atomic mass is 79.9. The second kappa shape index (κ2) is 29.1. The Morgan fingerprint density at radius 2 is 0.794 bits per heavy atom. The van der Waals surface area contributed by atoms with Gasteiger partial charge in [-0.25, -0.2) is 37.1 Å². The summed E-state index contributed by atoms with van der Waals surface area (Å²) in [5.74, 6) is -4.88. The van der Waals surface area contributed by atoms with Crippen LogP contribution in [0.25, 0.3) is 0 Å². The van der Waals surface area contributed by atoms with Crippen LogP contribution in [-0.2, 0) is 22.4 Å². The summed E-state index contributed by atoms with van der Waals surface area (Å²) < 4.78 is 55.3. The summed E-state index contributed by atoms with van der Waals surface area (Å²) >= 11 is 13.3. The summed E-state index contributed by atoms with van der Waals surface area (Å²) in [7, 11) is 0. The quantitative estimate of drug-likeness (QED) is 0.0568. The van der Waals surface area contributed by atoms with Crippen molar-refractivity contribution in [2.24, 2.45) is 11.5 Å². The van der Waals surface area contributed by atoms with E-state index in [0.717, 1.165) is 21.1 Å². The predicted molar refractivity (Wildman–Crippen MR) is 252 cm³/mol. The first-order chi connectivity index (χ1) is 28.3. The molecule has 6 aromatic rings. The number of hydrogen-bond acceptors (Lipinski definition) is 8. The molecule has 2 unspecified atom stereocenters. The molecule has 0 spiro atoms. The highest BCUT2D eigenvalue weighted by Gasteiger charge is 2.17. The maximum atomic E-state index is 13.1. The molecule has 2 heterocycles. The number of aromatic nitrogens is 2. The molecule has 340 valence electrons. The summed E-state index contributed by atoms with van der Waals surface area (Å²) in [5, 5.41) is 34.8. The largest absolute Gasteiger partial charge is 0.479 e. The molecule has 0 aliphatic heterocycles. The molecule has 10 nitrogen and oxygen atoms in total. The average Bonchev–Trinajstić information content (AvgIpc) is 3.19. The minimum Gasteiger partial charge on any atom is -0.479 e. The molecule has 63 heavy (non-hydrogen) atoms. The molecule has 0 amide bonds.